The highest BCUT2D eigenvalue weighted by molar-refractivity contribution is 5.87. The van der Waals surface area contributed by atoms with Crippen molar-refractivity contribution in [3.05, 3.63) is 24.2 Å². The van der Waals surface area contributed by atoms with Crippen LogP contribution in [0.1, 0.15) is 24.5 Å². The number of carbonyl (C=O) groups excluding carboxylic acids is 1. The van der Waals surface area contributed by atoms with E-state index in [1.807, 2.05) is 19.1 Å². The molecule has 72 valence electrons. The van der Waals surface area contributed by atoms with Crippen LogP contribution in [0.25, 0.3) is 11.2 Å². The molecule has 2 aromatic rings. The second-order valence-corrected chi connectivity index (χ2v) is 3.08. The van der Waals surface area contributed by atoms with Crippen molar-refractivity contribution < 1.29 is 4.79 Å². The maximum absolute atomic E-state index is 11.4. The van der Waals surface area contributed by atoms with E-state index in [0.717, 1.165) is 17.8 Å². The van der Waals surface area contributed by atoms with Gasteiger partial charge in [-0.2, -0.15) is 0 Å². The SMILES string of the molecule is CCc1nc2cccnc2n1C(C)=O. The Morgan fingerprint density at radius 3 is 3.00 bits per heavy atom. The van der Waals surface area contributed by atoms with Gasteiger partial charge in [0.05, 0.1) is 0 Å². The first-order valence-corrected chi connectivity index (χ1v) is 4.57. The Kier molecular flexibility index (Phi) is 2.04. The monoisotopic (exact) mass is 189 g/mol. The van der Waals surface area contributed by atoms with Crippen LogP contribution in [0.5, 0.6) is 0 Å². The summed E-state index contributed by atoms with van der Waals surface area (Å²) in [6.45, 7) is 3.50. The van der Waals surface area contributed by atoms with Crippen LogP contribution in [0.4, 0.5) is 0 Å². The zero-order valence-electron chi connectivity index (χ0n) is 8.19. The summed E-state index contributed by atoms with van der Waals surface area (Å²) in [6, 6.07) is 3.68. The van der Waals surface area contributed by atoms with Crippen molar-refractivity contribution in [1.29, 1.82) is 0 Å². The topological polar surface area (TPSA) is 47.8 Å². The molecule has 4 nitrogen and oxygen atoms in total. The lowest BCUT2D eigenvalue weighted by Gasteiger charge is -2.00. The van der Waals surface area contributed by atoms with Crippen molar-refractivity contribution in [2.45, 2.75) is 20.3 Å². The molecule has 0 amide bonds. The summed E-state index contributed by atoms with van der Waals surface area (Å²) >= 11 is 0. The fraction of sp³-hybridized carbons (Fsp3) is 0.300. The van der Waals surface area contributed by atoms with Crippen LogP contribution in [0.2, 0.25) is 0 Å². The Balaban J connectivity index is 2.81. The van der Waals surface area contributed by atoms with Gasteiger partial charge < -0.3 is 0 Å². The lowest BCUT2D eigenvalue weighted by molar-refractivity contribution is 0.0937. The second kappa shape index (κ2) is 3.21. The molecule has 0 aliphatic carbocycles. The summed E-state index contributed by atoms with van der Waals surface area (Å²) in [4.78, 5) is 19.9. The number of hydrogen-bond donors (Lipinski definition) is 0. The van der Waals surface area contributed by atoms with Gasteiger partial charge in [0.2, 0.25) is 5.91 Å². The van der Waals surface area contributed by atoms with E-state index in [2.05, 4.69) is 9.97 Å². The molecule has 0 bridgehead atoms. The van der Waals surface area contributed by atoms with E-state index in [0.29, 0.717) is 5.65 Å². The third kappa shape index (κ3) is 1.19. The fourth-order valence-corrected chi connectivity index (χ4v) is 1.53. The number of hydrogen-bond acceptors (Lipinski definition) is 3. The van der Waals surface area contributed by atoms with E-state index in [1.54, 1.807) is 10.8 Å². The van der Waals surface area contributed by atoms with Gasteiger partial charge in [0, 0.05) is 19.5 Å². The van der Waals surface area contributed by atoms with Gasteiger partial charge in [0.25, 0.3) is 0 Å². The highest BCUT2D eigenvalue weighted by Gasteiger charge is 2.12. The molecule has 14 heavy (non-hydrogen) atoms. The van der Waals surface area contributed by atoms with Crippen LogP contribution >= 0.6 is 0 Å². The highest BCUT2D eigenvalue weighted by atomic mass is 16.1. The fourth-order valence-electron chi connectivity index (χ4n) is 1.53. The van der Waals surface area contributed by atoms with E-state index in [-0.39, 0.29) is 5.91 Å². The van der Waals surface area contributed by atoms with Gasteiger partial charge in [-0.05, 0) is 12.1 Å². The lowest BCUT2D eigenvalue weighted by Crippen LogP contribution is -2.09. The molecular weight excluding hydrogens is 178 g/mol. The number of imidazole rings is 1. The van der Waals surface area contributed by atoms with Crippen molar-refractivity contribution in [3.63, 3.8) is 0 Å². The average molecular weight is 189 g/mol. The van der Waals surface area contributed by atoms with E-state index in [1.165, 1.54) is 6.92 Å². The average Bonchev–Trinajstić information content (AvgIpc) is 2.55. The summed E-state index contributed by atoms with van der Waals surface area (Å²) in [7, 11) is 0. The number of aryl methyl sites for hydroxylation is 1. The Morgan fingerprint density at radius 1 is 1.57 bits per heavy atom. The minimum Gasteiger partial charge on any atom is -0.274 e. The number of carbonyl (C=O) groups is 1. The van der Waals surface area contributed by atoms with Gasteiger partial charge in [-0.15, -0.1) is 0 Å². The molecular formula is C10H11N3O. The van der Waals surface area contributed by atoms with E-state index in [4.69, 9.17) is 0 Å². The van der Waals surface area contributed by atoms with Crippen molar-refractivity contribution in [2.75, 3.05) is 0 Å². The van der Waals surface area contributed by atoms with Gasteiger partial charge in [-0.25, -0.2) is 9.97 Å². The number of aromatic nitrogens is 3. The van der Waals surface area contributed by atoms with Crippen LogP contribution in [0.15, 0.2) is 18.3 Å². The van der Waals surface area contributed by atoms with Crippen molar-refractivity contribution in [3.8, 4) is 0 Å². The zero-order chi connectivity index (χ0) is 10.1. The van der Waals surface area contributed by atoms with E-state index >= 15 is 0 Å². The van der Waals surface area contributed by atoms with Crippen LogP contribution in [0, 0.1) is 0 Å². The quantitative estimate of drug-likeness (QED) is 0.685. The first kappa shape index (κ1) is 8.87. The molecule has 0 radical (unpaired) electrons. The van der Waals surface area contributed by atoms with Gasteiger partial charge in [-0.3, -0.25) is 9.36 Å². The molecule has 0 saturated carbocycles. The molecule has 2 heterocycles. The molecule has 0 spiro atoms. The molecule has 0 N–H and O–H groups in total. The van der Waals surface area contributed by atoms with Crippen LogP contribution in [-0.4, -0.2) is 20.4 Å². The molecule has 0 aromatic carbocycles. The molecule has 0 saturated heterocycles. The maximum Gasteiger partial charge on any atom is 0.230 e. The van der Waals surface area contributed by atoms with Crippen LogP contribution in [-0.2, 0) is 6.42 Å². The summed E-state index contributed by atoms with van der Waals surface area (Å²) < 4.78 is 1.56. The largest absolute Gasteiger partial charge is 0.274 e. The molecule has 2 rings (SSSR count). The third-order valence-electron chi connectivity index (χ3n) is 2.12. The standard InChI is InChI=1S/C10H11N3O/c1-3-9-12-8-5-4-6-11-10(8)13(9)7(2)14/h4-6H,3H2,1-2H3. The number of fused-ring (bicyclic) bond motifs is 1. The number of rotatable bonds is 1. The summed E-state index contributed by atoms with van der Waals surface area (Å²) in [5, 5.41) is 0. The van der Waals surface area contributed by atoms with Gasteiger partial charge in [0.1, 0.15) is 11.3 Å². The summed E-state index contributed by atoms with van der Waals surface area (Å²) in [5.74, 6) is 0.731. The molecule has 4 heteroatoms. The second-order valence-electron chi connectivity index (χ2n) is 3.08. The molecule has 0 atom stereocenters. The minimum atomic E-state index is -0.0388. The maximum atomic E-state index is 11.4. The Bertz CT molecular complexity index is 487. The van der Waals surface area contributed by atoms with Crippen molar-refractivity contribution >= 4 is 17.1 Å². The van der Waals surface area contributed by atoms with Crippen molar-refractivity contribution in [1.82, 2.24) is 14.5 Å². The summed E-state index contributed by atoms with van der Waals surface area (Å²) in [5.41, 5.74) is 1.43. The van der Waals surface area contributed by atoms with Crippen LogP contribution < -0.4 is 0 Å². The first-order chi connectivity index (χ1) is 6.74. The smallest absolute Gasteiger partial charge is 0.230 e. The summed E-state index contributed by atoms with van der Waals surface area (Å²) in [6.07, 6.45) is 2.40. The van der Waals surface area contributed by atoms with Crippen LogP contribution in [0.3, 0.4) is 0 Å². The lowest BCUT2D eigenvalue weighted by atomic mass is 10.4. The molecule has 0 unspecified atom stereocenters. The van der Waals surface area contributed by atoms with E-state index in [9.17, 15) is 4.79 Å². The highest BCUT2D eigenvalue weighted by Crippen LogP contribution is 2.13. The van der Waals surface area contributed by atoms with Crippen molar-refractivity contribution in [2.24, 2.45) is 0 Å². The Morgan fingerprint density at radius 2 is 2.36 bits per heavy atom. The normalized spacial score (nSPS) is 10.7. The molecule has 0 aliphatic heterocycles. The molecule has 2 aromatic heterocycles. The number of nitrogens with zero attached hydrogens (tertiary/aromatic N) is 3. The molecule has 0 aliphatic rings. The van der Waals surface area contributed by atoms with Gasteiger partial charge in [-0.1, -0.05) is 6.92 Å². The Hall–Kier alpha value is -1.71. The first-order valence-electron chi connectivity index (χ1n) is 4.57. The number of pyridine rings is 1. The zero-order valence-corrected chi connectivity index (χ0v) is 8.19. The predicted octanol–water partition coefficient (Wildman–Crippen LogP) is 1.65. The third-order valence-corrected chi connectivity index (χ3v) is 2.12. The molecule has 0 fully saturated rings. The Labute approximate surface area is 81.6 Å². The predicted molar refractivity (Wildman–Crippen MR) is 53.2 cm³/mol. The van der Waals surface area contributed by atoms with Gasteiger partial charge in [0.15, 0.2) is 5.65 Å². The van der Waals surface area contributed by atoms with E-state index < -0.39 is 0 Å². The van der Waals surface area contributed by atoms with Gasteiger partial charge >= 0.3 is 0 Å². The minimum absolute atomic E-state index is 0.0388.